The number of unbranched alkanes of at least 4 members (excludes halogenated alkanes) is 35. The molecular formula is C59H108O6. The lowest BCUT2D eigenvalue weighted by Gasteiger charge is -2.18. The minimum absolute atomic E-state index is 0.0757. The first-order valence-electron chi connectivity index (χ1n) is 28.5. The molecule has 65 heavy (non-hydrogen) atoms. The number of hydrogen-bond acceptors (Lipinski definition) is 6. The summed E-state index contributed by atoms with van der Waals surface area (Å²) >= 11 is 0. The normalized spacial score (nSPS) is 12.2. The standard InChI is InChI=1S/C59H108O6/c1-4-7-10-13-16-19-22-25-27-29-30-31-33-34-37-40-43-46-49-52-58(61)64-55-56(54-63-57(60)51-48-45-42-39-36-24-21-18-15-12-9-6-3)65-59(62)53-50-47-44-41-38-35-32-28-26-23-20-17-14-11-8-5-2/h9,12,18,21,29-30,56H,4-8,10-11,13-17,19-20,22-28,31-55H2,1-3H3/b12-9-,21-18-,30-29-. The molecule has 0 radical (unpaired) electrons. The Kier molecular flexibility index (Phi) is 52.3. The molecule has 0 fully saturated rings. The molecular weight excluding hydrogens is 805 g/mol. The summed E-state index contributed by atoms with van der Waals surface area (Å²) in [6.45, 7) is 6.55. The van der Waals surface area contributed by atoms with Gasteiger partial charge in [-0.2, -0.15) is 0 Å². The van der Waals surface area contributed by atoms with Gasteiger partial charge < -0.3 is 14.2 Å². The topological polar surface area (TPSA) is 78.9 Å². The first-order valence-corrected chi connectivity index (χ1v) is 28.5. The largest absolute Gasteiger partial charge is 0.462 e. The Morgan fingerprint density at radius 1 is 0.323 bits per heavy atom. The second kappa shape index (κ2) is 54.2. The molecule has 380 valence electrons. The van der Waals surface area contributed by atoms with E-state index in [4.69, 9.17) is 14.2 Å². The second-order valence-electron chi connectivity index (χ2n) is 19.2. The molecule has 0 N–H and O–H groups in total. The highest BCUT2D eigenvalue weighted by Gasteiger charge is 2.19. The average Bonchev–Trinajstić information content (AvgIpc) is 3.30. The van der Waals surface area contributed by atoms with Crippen LogP contribution in [0.5, 0.6) is 0 Å². The molecule has 0 spiro atoms. The molecule has 0 amide bonds. The van der Waals surface area contributed by atoms with Crippen molar-refractivity contribution in [3.63, 3.8) is 0 Å². The first kappa shape index (κ1) is 62.6. The smallest absolute Gasteiger partial charge is 0.306 e. The molecule has 0 aromatic carbocycles. The quantitative estimate of drug-likeness (QED) is 0.0262. The van der Waals surface area contributed by atoms with Crippen LogP contribution in [0, 0.1) is 0 Å². The van der Waals surface area contributed by atoms with Crippen molar-refractivity contribution >= 4 is 17.9 Å². The van der Waals surface area contributed by atoms with Crippen LogP contribution in [0.25, 0.3) is 0 Å². The number of rotatable bonds is 52. The molecule has 6 heteroatoms. The van der Waals surface area contributed by atoms with Crippen LogP contribution in [0.3, 0.4) is 0 Å². The summed E-state index contributed by atoms with van der Waals surface area (Å²) < 4.78 is 16.8. The van der Waals surface area contributed by atoms with Gasteiger partial charge in [0, 0.05) is 19.3 Å². The Hall–Kier alpha value is -2.37. The van der Waals surface area contributed by atoms with Crippen molar-refractivity contribution in [1.82, 2.24) is 0 Å². The third kappa shape index (κ3) is 52.5. The maximum atomic E-state index is 12.8. The minimum atomic E-state index is -0.776. The lowest BCUT2D eigenvalue weighted by molar-refractivity contribution is -0.167. The zero-order valence-electron chi connectivity index (χ0n) is 43.5. The Morgan fingerprint density at radius 3 is 0.938 bits per heavy atom. The Morgan fingerprint density at radius 2 is 0.600 bits per heavy atom. The summed E-state index contributed by atoms with van der Waals surface area (Å²) in [5.74, 6) is -0.879. The van der Waals surface area contributed by atoms with Gasteiger partial charge in [0.15, 0.2) is 6.10 Å². The van der Waals surface area contributed by atoms with Gasteiger partial charge in [-0.1, -0.05) is 250 Å². The van der Waals surface area contributed by atoms with Crippen LogP contribution in [0.1, 0.15) is 303 Å². The summed E-state index contributed by atoms with van der Waals surface area (Å²) in [5.41, 5.74) is 0. The Bertz CT molecular complexity index is 1090. The molecule has 0 heterocycles. The third-order valence-corrected chi connectivity index (χ3v) is 12.6. The number of carbonyl (C=O) groups excluding carboxylic acids is 3. The van der Waals surface area contributed by atoms with Crippen LogP contribution in [0.2, 0.25) is 0 Å². The molecule has 0 aliphatic rings. The van der Waals surface area contributed by atoms with Crippen molar-refractivity contribution in [2.45, 2.75) is 309 Å². The van der Waals surface area contributed by atoms with Gasteiger partial charge in [0.2, 0.25) is 0 Å². The molecule has 0 rings (SSSR count). The summed E-state index contributed by atoms with van der Waals surface area (Å²) in [7, 11) is 0. The zero-order valence-corrected chi connectivity index (χ0v) is 43.5. The molecule has 0 aromatic rings. The van der Waals surface area contributed by atoms with E-state index in [1.165, 1.54) is 180 Å². The lowest BCUT2D eigenvalue weighted by atomic mass is 10.0. The van der Waals surface area contributed by atoms with Crippen LogP contribution < -0.4 is 0 Å². The van der Waals surface area contributed by atoms with Gasteiger partial charge in [-0.3, -0.25) is 14.4 Å². The number of esters is 3. The fourth-order valence-electron chi connectivity index (χ4n) is 8.36. The highest BCUT2D eigenvalue weighted by atomic mass is 16.6. The third-order valence-electron chi connectivity index (χ3n) is 12.6. The number of allylic oxidation sites excluding steroid dienone is 6. The van der Waals surface area contributed by atoms with E-state index in [-0.39, 0.29) is 31.1 Å². The molecule has 1 unspecified atom stereocenters. The summed E-state index contributed by atoms with van der Waals surface area (Å²) in [6.07, 6.45) is 64.2. The highest BCUT2D eigenvalue weighted by molar-refractivity contribution is 5.71. The van der Waals surface area contributed by atoms with Gasteiger partial charge in [-0.25, -0.2) is 0 Å². The van der Waals surface area contributed by atoms with E-state index in [1.54, 1.807) is 0 Å². The van der Waals surface area contributed by atoms with Gasteiger partial charge in [0.1, 0.15) is 13.2 Å². The van der Waals surface area contributed by atoms with Crippen LogP contribution >= 0.6 is 0 Å². The SMILES string of the molecule is CC/C=C\C/C=C\CCCCCCCC(=O)OCC(COC(=O)CCCCCCCCC/C=C\CCCCCCCCCC)OC(=O)CCCCCCCCCCCCCCCCCC. The van der Waals surface area contributed by atoms with E-state index in [9.17, 15) is 14.4 Å². The van der Waals surface area contributed by atoms with E-state index in [1.807, 2.05) is 0 Å². The number of carbonyl (C=O) groups is 3. The van der Waals surface area contributed by atoms with Crippen molar-refractivity contribution in [3.05, 3.63) is 36.5 Å². The maximum absolute atomic E-state index is 12.8. The molecule has 0 aliphatic carbocycles. The van der Waals surface area contributed by atoms with Crippen molar-refractivity contribution in [2.75, 3.05) is 13.2 Å². The van der Waals surface area contributed by atoms with Crippen LogP contribution in [0.4, 0.5) is 0 Å². The van der Waals surface area contributed by atoms with Crippen LogP contribution in [-0.4, -0.2) is 37.2 Å². The zero-order chi connectivity index (χ0) is 47.2. The van der Waals surface area contributed by atoms with Gasteiger partial charge in [-0.05, 0) is 70.6 Å². The predicted molar refractivity (Wildman–Crippen MR) is 279 cm³/mol. The van der Waals surface area contributed by atoms with E-state index in [0.717, 1.165) is 83.5 Å². The lowest BCUT2D eigenvalue weighted by Crippen LogP contribution is -2.30. The average molecular weight is 914 g/mol. The van der Waals surface area contributed by atoms with Gasteiger partial charge in [0.25, 0.3) is 0 Å². The monoisotopic (exact) mass is 913 g/mol. The van der Waals surface area contributed by atoms with Crippen molar-refractivity contribution in [2.24, 2.45) is 0 Å². The van der Waals surface area contributed by atoms with E-state index < -0.39 is 6.10 Å². The fraction of sp³-hybridized carbons (Fsp3) is 0.847. The number of ether oxygens (including phenoxy) is 3. The predicted octanol–water partition coefficient (Wildman–Crippen LogP) is 18.9. The van der Waals surface area contributed by atoms with E-state index in [0.29, 0.717) is 19.3 Å². The van der Waals surface area contributed by atoms with Crippen LogP contribution in [-0.2, 0) is 28.6 Å². The molecule has 0 aromatic heterocycles. The molecule has 1 atom stereocenters. The summed E-state index contributed by atoms with van der Waals surface area (Å²) in [5, 5.41) is 0. The number of hydrogen-bond donors (Lipinski definition) is 0. The fourth-order valence-corrected chi connectivity index (χ4v) is 8.36. The van der Waals surface area contributed by atoms with Crippen molar-refractivity contribution < 1.29 is 28.6 Å². The first-order chi connectivity index (χ1) is 32.0. The van der Waals surface area contributed by atoms with Crippen LogP contribution in [0.15, 0.2) is 36.5 Å². The van der Waals surface area contributed by atoms with Gasteiger partial charge in [0.05, 0.1) is 0 Å². The maximum Gasteiger partial charge on any atom is 0.306 e. The van der Waals surface area contributed by atoms with Gasteiger partial charge in [-0.15, -0.1) is 0 Å². The van der Waals surface area contributed by atoms with Crippen molar-refractivity contribution in [1.29, 1.82) is 0 Å². The van der Waals surface area contributed by atoms with Crippen molar-refractivity contribution in [3.8, 4) is 0 Å². The Labute approximate surface area is 404 Å². The minimum Gasteiger partial charge on any atom is -0.462 e. The summed E-state index contributed by atoms with van der Waals surface area (Å²) in [4.78, 5) is 38.1. The van der Waals surface area contributed by atoms with E-state index >= 15 is 0 Å². The molecule has 6 nitrogen and oxygen atoms in total. The Balaban J connectivity index is 4.32. The molecule has 0 aliphatic heterocycles. The summed E-state index contributed by atoms with van der Waals surface area (Å²) in [6, 6.07) is 0. The second-order valence-corrected chi connectivity index (χ2v) is 19.2. The molecule has 0 saturated carbocycles. The molecule has 0 bridgehead atoms. The molecule has 0 saturated heterocycles. The van der Waals surface area contributed by atoms with E-state index in [2.05, 4.69) is 57.2 Å². The highest BCUT2D eigenvalue weighted by Crippen LogP contribution is 2.16. The van der Waals surface area contributed by atoms with Gasteiger partial charge >= 0.3 is 17.9 Å².